The van der Waals surface area contributed by atoms with E-state index in [4.69, 9.17) is 4.74 Å². The van der Waals surface area contributed by atoms with Gasteiger partial charge in [-0.15, -0.1) is 0 Å². The molecule has 4 aliphatic rings. The first-order chi connectivity index (χ1) is 14.7. The highest BCUT2D eigenvalue weighted by atomic mass is 19.1. The van der Waals surface area contributed by atoms with E-state index in [0.717, 1.165) is 52.1 Å². The average Bonchev–Trinajstić information content (AvgIpc) is 3.11. The Hall–Kier alpha value is -0.350. The van der Waals surface area contributed by atoms with E-state index in [0.29, 0.717) is 24.9 Å². The number of aliphatic hydroxyl groups is 2. The van der Waals surface area contributed by atoms with Crippen molar-refractivity contribution in [2.24, 2.45) is 5.92 Å². The number of nitrogens with two attached hydrogens (primary N) is 2. The molecule has 5 atom stereocenters. The molecule has 7 nitrogen and oxygen atoms in total. The molecule has 1 unspecified atom stereocenters. The summed E-state index contributed by atoms with van der Waals surface area (Å²) in [5.74, 6) is 0.589. The number of ether oxygens (including phenoxy) is 1. The summed E-state index contributed by atoms with van der Waals surface area (Å²) >= 11 is 0. The number of hydrogen-bond acceptors (Lipinski definition) is 5. The molecule has 8 heteroatoms. The van der Waals surface area contributed by atoms with Crippen LogP contribution in [0.3, 0.4) is 0 Å². The summed E-state index contributed by atoms with van der Waals surface area (Å²) in [4.78, 5) is 5.00. The van der Waals surface area contributed by atoms with Gasteiger partial charge in [-0.2, -0.15) is 0 Å². The summed E-state index contributed by atoms with van der Waals surface area (Å²) in [6.07, 6.45) is 6.15. The fourth-order valence-electron chi connectivity index (χ4n) is 6.10. The number of piperidine rings is 1. The Labute approximate surface area is 180 Å². The van der Waals surface area contributed by atoms with Crippen molar-refractivity contribution in [1.82, 2.24) is 9.80 Å². The molecule has 174 valence electrons. The Morgan fingerprint density at radius 3 is 2.33 bits per heavy atom. The lowest BCUT2D eigenvalue weighted by atomic mass is 9.88. The van der Waals surface area contributed by atoms with Crippen molar-refractivity contribution in [1.29, 1.82) is 0 Å². The van der Waals surface area contributed by atoms with E-state index >= 15 is 0 Å². The van der Waals surface area contributed by atoms with E-state index in [-0.39, 0.29) is 18.8 Å². The maximum absolute atomic E-state index is 13.4. The van der Waals surface area contributed by atoms with Crippen molar-refractivity contribution in [2.75, 3.05) is 52.4 Å². The Balaban J connectivity index is 1.27. The summed E-state index contributed by atoms with van der Waals surface area (Å²) in [5, 5.41) is 25.3. The van der Waals surface area contributed by atoms with Crippen molar-refractivity contribution < 1.29 is 30.0 Å². The molecule has 0 aromatic heterocycles. The van der Waals surface area contributed by atoms with Gasteiger partial charge in [0.25, 0.3) is 0 Å². The third-order valence-corrected chi connectivity index (χ3v) is 7.95. The van der Waals surface area contributed by atoms with Crippen LogP contribution in [0.4, 0.5) is 4.39 Å². The first-order valence-electron chi connectivity index (χ1n) is 12.4. The summed E-state index contributed by atoms with van der Waals surface area (Å²) in [6.45, 7) is 6.88. The molecule has 0 amide bonds. The number of quaternary nitrogens is 2. The first kappa shape index (κ1) is 22.8. The van der Waals surface area contributed by atoms with Gasteiger partial charge in [-0.1, -0.05) is 0 Å². The molecular formula is C22H43FN4O3+2. The molecule has 0 radical (unpaired) electrons. The van der Waals surface area contributed by atoms with Crippen LogP contribution in [0.2, 0.25) is 0 Å². The van der Waals surface area contributed by atoms with Gasteiger partial charge in [0.2, 0.25) is 0 Å². The molecule has 1 saturated carbocycles. The lowest BCUT2D eigenvalue weighted by Crippen LogP contribution is -2.95. The van der Waals surface area contributed by atoms with E-state index < -0.39 is 18.4 Å². The monoisotopic (exact) mass is 430 g/mol. The predicted octanol–water partition coefficient (Wildman–Crippen LogP) is -1.74. The maximum atomic E-state index is 13.4. The Kier molecular flexibility index (Phi) is 8.36. The predicted molar refractivity (Wildman–Crippen MR) is 112 cm³/mol. The van der Waals surface area contributed by atoms with Crippen LogP contribution in [-0.2, 0) is 4.74 Å². The van der Waals surface area contributed by atoms with E-state index in [2.05, 4.69) is 20.4 Å². The van der Waals surface area contributed by atoms with Crippen LogP contribution in [0, 0.1) is 5.92 Å². The second-order valence-electron chi connectivity index (χ2n) is 9.91. The van der Waals surface area contributed by atoms with E-state index in [1.54, 1.807) is 0 Å². The Morgan fingerprint density at radius 2 is 1.67 bits per heavy atom. The largest absolute Gasteiger partial charge is 0.394 e. The number of piperazine rings is 1. The summed E-state index contributed by atoms with van der Waals surface area (Å²) < 4.78 is 19.4. The van der Waals surface area contributed by atoms with Crippen LogP contribution in [0.15, 0.2) is 0 Å². The molecular weight excluding hydrogens is 387 g/mol. The number of aliphatic hydroxyl groups excluding tert-OH is 2. The van der Waals surface area contributed by atoms with Crippen LogP contribution < -0.4 is 10.6 Å². The fourth-order valence-corrected chi connectivity index (χ4v) is 6.10. The Bertz CT molecular complexity index is 509. The highest BCUT2D eigenvalue weighted by Crippen LogP contribution is 2.27. The van der Waals surface area contributed by atoms with Gasteiger partial charge in [-0.25, -0.2) is 4.39 Å². The molecule has 0 spiro atoms. The van der Waals surface area contributed by atoms with Gasteiger partial charge in [0.15, 0.2) is 0 Å². The smallest absolute Gasteiger partial charge is 0.142 e. The lowest BCUT2D eigenvalue weighted by molar-refractivity contribution is -0.717. The number of alkyl halides is 1. The van der Waals surface area contributed by atoms with Crippen LogP contribution in [0.5, 0.6) is 0 Å². The quantitative estimate of drug-likeness (QED) is 0.385. The third kappa shape index (κ3) is 5.52. The molecule has 6 N–H and O–H groups in total. The van der Waals surface area contributed by atoms with Gasteiger partial charge in [-0.05, 0) is 38.5 Å². The highest BCUT2D eigenvalue weighted by molar-refractivity contribution is 4.98. The normalized spacial score (nSPS) is 41.9. The van der Waals surface area contributed by atoms with Crippen molar-refractivity contribution in [3.05, 3.63) is 0 Å². The average molecular weight is 431 g/mol. The van der Waals surface area contributed by atoms with E-state index in [1.165, 1.54) is 25.8 Å². The molecule has 0 aromatic rings. The molecule has 0 bridgehead atoms. The third-order valence-electron chi connectivity index (χ3n) is 7.95. The minimum atomic E-state index is -0.636. The molecule has 4 fully saturated rings. The van der Waals surface area contributed by atoms with Crippen LogP contribution in [0.1, 0.15) is 44.9 Å². The van der Waals surface area contributed by atoms with E-state index in [1.807, 2.05) is 0 Å². The zero-order valence-corrected chi connectivity index (χ0v) is 18.4. The Morgan fingerprint density at radius 1 is 0.933 bits per heavy atom. The van der Waals surface area contributed by atoms with Crippen LogP contribution in [0.25, 0.3) is 0 Å². The molecule has 4 rings (SSSR count). The van der Waals surface area contributed by atoms with Crippen LogP contribution in [-0.4, -0.2) is 109 Å². The number of halogens is 1. The van der Waals surface area contributed by atoms with E-state index in [9.17, 15) is 14.6 Å². The van der Waals surface area contributed by atoms with Gasteiger partial charge >= 0.3 is 0 Å². The minimum Gasteiger partial charge on any atom is -0.394 e. The van der Waals surface area contributed by atoms with Crippen molar-refractivity contribution >= 4 is 0 Å². The van der Waals surface area contributed by atoms with Gasteiger partial charge in [0.1, 0.15) is 37.2 Å². The molecule has 30 heavy (non-hydrogen) atoms. The summed E-state index contributed by atoms with van der Waals surface area (Å²) in [7, 11) is 0. The van der Waals surface area contributed by atoms with Gasteiger partial charge in [-0.3, -0.25) is 9.80 Å². The zero-order chi connectivity index (χ0) is 20.9. The molecule has 3 heterocycles. The standard InChI is InChI=1S/C22H41FN4O3/c23-17-6-4-16(5-7-17)13-24-14-18-21(22(29)19(15-28)30-18)27-11-9-26(10-12-27)20-3-1-2-8-25-20/h16-22,24-25,28-29H,1-15H2/p+2/t16?,17?,18-,19+,20?,21-,22-/m1/s1. The van der Waals surface area contributed by atoms with Crippen LogP contribution >= 0.6 is 0 Å². The van der Waals surface area contributed by atoms with Crippen molar-refractivity contribution in [2.45, 2.75) is 81.6 Å². The maximum Gasteiger partial charge on any atom is 0.142 e. The SMILES string of the molecule is OC[C@@H]1O[C@H](C[NH2+]CC2CCC(F)CC2)[C@@H](N2CCN(C3CCCC[NH2+]3)CC2)[C@@H]1O. The second kappa shape index (κ2) is 11.0. The van der Waals surface area contributed by atoms with Crippen molar-refractivity contribution in [3.8, 4) is 0 Å². The van der Waals surface area contributed by atoms with Crippen molar-refractivity contribution in [3.63, 3.8) is 0 Å². The summed E-state index contributed by atoms with van der Waals surface area (Å²) in [6, 6.07) is -0.0440. The van der Waals surface area contributed by atoms with Gasteiger partial charge in [0, 0.05) is 38.5 Å². The summed E-state index contributed by atoms with van der Waals surface area (Å²) in [5.41, 5.74) is 0. The fraction of sp³-hybridized carbons (Fsp3) is 1.00. The van der Waals surface area contributed by atoms with Gasteiger partial charge < -0.3 is 25.6 Å². The second-order valence-corrected chi connectivity index (χ2v) is 9.91. The molecule has 3 aliphatic heterocycles. The molecule has 0 aromatic carbocycles. The minimum absolute atomic E-state index is 0.0440. The number of nitrogens with zero attached hydrogens (tertiary/aromatic N) is 2. The molecule has 1 aliphatic carbocycles. The number of rotatable bonds is 7. The van der Waals surface area contributed by atoms with Gasteiger partial charge in [0.05, 0.1) is 25.7 Å². The first-order valence-corrected chi connectivity index (χ1v) is 12.4. The zero-order valence-electron chi connectivity index (χ0n) is 18.4. The molecule has 3 saturated heterocycles. The highest BCUT2D eigenvalue weighted by Gasteiger charge is 2.48. The lowest BCUT2D eigenvalue weighted by Gasteiger charge is -2.42. The number of hydrogen-bond donors (Lipinski definition) is 4. The topological polar surface area (TPSA) is 89.4 Å².